The zero-order valence-corrected chi connectivity index (χ0v) is 18.1. The summed E-state index contributed by atoms with van der Waals surface area (Å²) in [5.41, 5.74) is 0. The largest absolute Gasteiger partial charge is 0.414 e. The van der Waals surface area contributed by atoms with E-state index in [-0.39, 0.29) is 11.6 Å². The van der Waals surface area contributed by atoms with E-state index in [1.165, 1.54) is 11.3 Å². The highest BCUT2D eigenvalue weighted by molar-refractivity contribution is 7.10. The highest BCUT2D eigenvalue weighted by Crippen LogP contribution is 2.39. The van der Waals surface area contributed by atoms with Crippen molar-refractivity contribution in [3.05, 3.63) is 22.4 Å². The van der Waals surface area contributed by atoms with Gasteiger partial charge in [0.1, 0.15) is 24.4 Å². The molecular weight excluding hydrogens is 356 g/mol. The van der Waals surface area contributed by atoms with Gasteiger partial charge in [0, 0.05) is 4.88 Å². The number of hydrogen-bond acceptors (Lipinski definition) is 6. The average Bonchev–Trinajstić information content (AvgIpc) is 3.10. The predicted octanol–water partition coefficient (Wildman–Crippen LogP) is 3.68. The molecule has 4 atom stereocenters. The second-order valence-electron chi connectivity index (χ2n) is 8.66. The summed E-state index contributed by atoms with van der Waals surface area (Å²) in [5, 5.41) is 23.4. The molecule has 0 amide bonds. The molecule has 1 aromatic rings. The Kier molecular flexibility index (Phi) is 6.21. The van der Waals surface area contributed by atoms with Crippen LogP contribution in [0.15, 0.2) is 17.5 Å². The van der Waals surface area contributed by atoms with E-state index in [2.05, 4.69) is 33.9 Å². The second kappa shape index (κ2) is 7.38. The molecule has 1 aromatic heterocycles. The van der Waals surface area contributed by atoms with E-state index in [4.69, 9.17) is 13.9 Å². The Hall–Kier alpha value is -0.283. The van der Waals surface area contributed by atoms with Crippen molar-refractivity contribution in [1.82, 2.24) is 0 Å². The van der Waals surface area contributed by atoms with Gasteiger partial charge in [-0.15, -0.1) is 11.3 Å². The van der Waals surface area contributed by atoms with Crippen molar-refractivity contribution in [2.45, 2.75) is 83.0 Å². The Bertz CT molecular complexity index is 552. The first kappa shape index (κ1) is 21.0. The topological polar surface area (TPSA) is 68.2 Å². The maximum Gasteiger partial charge on any atom is 0.192 e. The third-order valence-corrected chi connectivity index (χ3v) is 10.6. The Balaban J connectivity index is 2.09. The van der Waals surface area contributed by atoms with Gasteiger partial charge >= 0.3 is 0 Å². The van der Waals surface area contributed by atoms with Crippen molar-refractivity contribution < 1.29 is 24.1 Å². The molecule has 1 saturated heterocycles. The molecule has 1 aliphatic rings. The van der Waals surface area contributed by atoms with Gasteiger partial charge < -0.3 is 24.1 Å². The van der Waals surface area contributed by atoms with Gasteiger partial charge in [0.25, 0.3) is 0 Å². The van der Waals surface area contributed by atoms with Gasteiger partial charge in [0.15, 0.2) is 14.1 Å². The van der Waals surface area contributed by atoms with E-state index in [0.717, 1.165) is 4.88 Å². The molecular formula is C18H32O5SSi. The Labute approximate surface area is 156 Å². The molecule has 0 aliphatic carbocycles. The van der Waals surface area contributed by atoms with E-state index in [9.17, 15) is 10.2 Å². The monoisotopic (exact) mass is 388 g/mol. The molecule has 25 heavy (non-hydrogen) atoms. The van der Waals surface area contributed by atoms with Gasteiger partial charge in [0.05, 0.1) is 6.61 Å². The predicted molar refractivity (Wildman–Crippen MR) is 102 cm³/mol. The van der Waals surface area contributed by atoms with E-state index < -0.39 is 38.5 Å². The smallest absolute Gasteiger partial charge is 0.192 e. The normalized spacial score (nSPS) is 26.6. The SMILES string of the molecule is CC1(C)O[C@@H]([C@H](O)c2cccs2)[C@@H]([C@H](O)CO[Si](C)(C)C(C)(C)C)O1. The molecule has 1 fully saturated rings. The Morgan fingerprint density at radius 2 is 1.84 bits per heavy atom. The van der Waals surface area contributed by atoms with E-state index in [1.807, 2.05) is 17.5 Å². The van der Waals surface area contributed by atoms with Crippen molar-refractivity contribution >= 4 is 19.7 Å². The zero-order valence-electron chi connectivity index (χ0n) is 16.3. The molecule has 0 aromatic carbocycles. The molecule has 0 saturated carbocycles. The molecule has 0 spiro atoms. The second-order valence-corrected chi connectivity index (χ2v) is 14.5. The summed E-state index contributed by atoms with van der Waals surface area (Å²) in [5.74, 6) is -0.856. The summed E-state index contributed by atoms with van der Waals surface area (Å²) in [6.07, 6.45) is -2.98. The number of ether oxygens (including phenoxy) is 2. The first-order chi connectivity index (χ1) is 11.3. The third-order valence-electron chi connectivity index (χ3n) is 5.11. The van der Waals surface area contributed by atoms with Gasteiger partial charge in [-0.05, 0) is 43.4 Å². The first-order valence-electron chi connectivity index (χ1n) is 8.73. The summed E-state index contributed by atoms with van der Waals surface area (Å²) in [6, 6.07) is 3.75. The Morgan fingerprint density at radius 1 is 1.24 bits per heavy atom. The minimum absolute atomic E-state index is 0.0644. The van der Waals surface area contributed by atoms with Crippen molar-refractivity contribution in [3.8, 4) is 0 Å². The third kappa shape index (κ3) is 4.91. The van der Waals surface area contributed by atoms with Crippen LogP contribution < -0.4 is 0 Å². The van der Waals surface area contributed by atoms with Crippen LogP contribution in [-0.4, -0.2) is 49.2 Å². The maximum absolute atomic E-state index is 10.7. The maximum atomic E-state index is 10.7. The first-order valence-corrected chi connectivity index (χ1v) is 12.5. The lowest BCUT2D eigenvalue weighted by Crippen LogP contribution is -2.47. The standard InChI is InChI=1S/C18H32O5SSi/c1-17(2,3)25(6,7)21-11-12(19)15-16(23-18(4,5)22-15)14(20)13-9-8-10-24-13/h8-10,12,14-16,19-20H,11H2,1-7H3/t12-,14-,15-,16+/m1/s1. The van der Waals surface area contributed by atoms with Gasteiger partial charge in [-0.3, -0.25) is 0 Å². The Morgan fingerprint density at radius 3 is 2.36 bits per heavy atom. The van der Waals surface area contributed by atoms with Gasteiger partial charge in [-0.2, -0.15) is 0 Å². The van der Waals surface area contributed by atoms with Gasteiger partial charge in [-0.1, -0.05) is 26.8 Å². The summed E-state index contributed by atoms with van der Waals surface area (Å²) in [7, 11) is -1.97. The van der Waals surface area contributed by atoms with Crippen molar-refractivity contribution in [2.24, 2.45) is 0 Å². The number of rotatable bonds is 6. The highest BCUT2D eigenvalue weighted by atomic mass is 32.1. The van der Waals surface area contributed by atoms with Crippen LogP contribution in [0.2, 0.25) is 18.1 Å². The number of aliphatic hydroxyl groups excluding tert-OH is 2. The van der Waals surface area contributed by atoms with Crippen LogP contribution in [0.4, 0.5) is 0 Å². The lowest BCUT2D eigenvalue weighted by Gasteiger charge is -2.37. The van der Waals surface area contributed by atoms with Crippen LogP contribution in [-0.2, 0) is 13.9 Å². The number of aliphatic hydroxyl groups is 2. The van der Waals surface area contributed by atoms with Gasteiger partial charge in [-0.25, -0.2) is 0 Å². The van der Waals surface area contributed by atoms with Crippen molar-refractivity contribution in [3.63, 3.8) is 0 Å². The van der Waals surface area contributed by atoms with Crippen molar-refractivity contribution in [1.29, 1.82) is 0 Å². The molecule has 0 radical (unpaired) electrons. The number of thiophene rings is 1. The molecule has 5 nitrogen and oxygen atoms in total. The summed E-state index contributed by atoms with van der Waals surface area (Å²) in [6.45, 7) is 14.5. The van der Waals surface area contributed by atoms with Crippen LogP contribution in [0.25, 0.3) is 0 Å². The lowest BCUT2D eigenvalue weighted by molar-refractivity contribution is -0.161. The van der Waals surface area contributed by atoms with Crippen LogP contribution in [0, 0.1) is 0 Å². The van der Waals surface area contributed by atoms with Crippen LogP contribution in [0.3, 0.4) is 0 Å². The van der Waals surface area contributed by atoms with Crippen LogP contribution in [0.1, 0.15) is 45.6 Å². The summed E-state index contributed by atoms with van der Waals surface area (Å²) < 4.78 is 17.9. The quantitative estimate of drug-likeness (QED) is 0.728. The zero-order chi connectivity index (χ0) is 19.0. The fourth-order valence-electron chi connectivity index (χ4n) is 2.59. The van der Waals surface area contributed by atoms with E-state index in [1.54, 1.807) is 13.8 Å². The number of hydrogen-bond donors (Lipinski definition) is 2. The lowest BCUT2D eigenvalue weighted by atomic mass is 10.0. The van der Waals surface area contributed by atoms with E-state index >= 15 is 0 Å². The summed E-state index contributed by atoms with van der Waals surface area (Å²) in [4.78, 5) is 0.800. The van der Waals surface area contributed by atoms with Crippen LogP contribution in [0.5, 0.6) is 0 Å². The fourth-order valence-corrected chi connectivity index (χ4v) is 4.35. The molecule has 2 heterocycles. The average molecular weight is 389 g/mol. The molecule has 0 bridgehead atoms. The minimum Gasteiger partial charge on any atom is -0.414 e. The minimum atomic E-state index is -1.97. The summed E-state index contributed by atoms with van der Waals surface area (Å²) >= 11 is 1.46. The van der Waals surface area contributed by atoms with E-state index in [0.29, 0.717) is 0 Å². The highest BCUT2D eigenvalue weighted by Gasteiger charge is 2.49. The molecule has 1 aliphatic heterocycles. The molecule has 2 N–H and O–H groups in total. The molecule has 0 unspecified atom stereocenters. The molecule has 144 valence electrons. The molecule has 7 heteroatoms. The molecule has 2 rings (SSSR count). The fraction of sp³-hybridized carbons (Fsp3) is 0.778. The van der Waals surface area contributed by atoms with Crippen molar-refractivity contribution in [2.75, 3.05) is 6.61 Å². The van der Waals surface area contributed by atoms with Gasteiger partial charge in [0.2, 0.25) is 0 Å². The van der Waals surface area contributed by atoms with Crippen LogP contribution >= 0.6 is 11.3 Å².